The molecule has 0 spiro atoms. The van der Waals surface area contributed by atoms with Gasteiger partial charge in [-0.3, -0.25) is 4.79 Å². The highest BCUT2D eigenvalue weighted by atomic mass is 16.4. The number of aliphatic hydroxyl groups is 3. The Morgan fingerprint density at radius 2 is 1.47 bits per heavy atom. The summed E-state index contributed by atoms with van der Waals surface area (Å²) >= 11 is 0. The second-order valence-electron chi connectivity index (χ2n) is 5.61. The summed E-state index contributed by atoms with van der Waals surface area (Å²) < 4.78 is 0. The smallest absolute Gasteiger partial charge is 0.308 e. The van der Waals surface area contributed by atoms with Crippen molar-refractivity contribution in [1.82, 2.24) is 0 Å². The van der Waals surface area contributed by atoms with Crippen molar-refractivity contribution in [1.29, 1.82) is 0 Å². The minimum Gasteiger partial charge on any atom is -0.481 e. The monoisotopic (exact) mass is 276 g/mol. The van der Waals surface area contributed by atoms with Gasteiger partial charge in [-0.15, -0.1) is 0 Å². The molecule has 0 aromatic carbocycles. The van der Waals surface area contributed by atoms with E-state index < -0.39 is 24.1 Å². The maximum absolute atomic E-state index is 10.7. The molecule has 0 aromatic heterocycles. The Kier molecular flexibility index (Phi) is 8.97. The van der Waals surface area contributed by atoms with Gasteiger partial charge in [0.05, 0.1) is 24.2 Å². The lowest BCUT2D eigenvalue weighted by atomic mass is 9.90. The summed E-state index contributed by atoms with van der Waals surface area (Å²) in [6.07, 6.45) is 1.46. The number of hydrogen-bond acceptors (Lipinski definition) is 4. The number of carboxylic acids is 1. The van der Waals surface area contributed by atoms with E-state index in [0.29, 0.717) is 0 Å². The van der Waals surface area contributed by atoms with Crippen molar-refractivity contribution < 1.29 is 25.2 Å². The van der Waals surface area contributed by atoms with Gasteiger partial charge in [-0.05, 0) is 32.6 Å². The first kappa shape index (κ1) is 18.4. The van der Waals surface area contributed by atoms with Crippen LogP contribution >= 0.6 is 0 Å². The van der Waals surface area contributed by atoms with Gasteiger partial charge in [0.1, 0.15) is 0 Å². The molecule has 0 aliphatic carbocycles. The Bertz CT molecular complexity index is 254. The van der Waals surface area contributed by atoms with E-state index in [4.69, 9.17) is 10.2 Å². The van der Waals surface area contributed by atoms with Crippen molar-refractivity contribution in [3.05, 3.63) is 0 Å². The van der Waals surface area contributed by atoms with Crippen molar-refractivity contribution in [2.75, 3.05) is 0 Å². The summed E-state index contributed by atoms with van der Waals surface area (Å²) in [5.41, 5.74) is 0. The first-order valence-electron chi connectivity index (χ1n) is 7.02. The van der Waals surface area contributed by atoms with Crippen LogP contribution in [-0.2, 0) is 4.79 Å². The molecule has 5 heteroatoms. The highest BCUT2D eigenvalue weighted by Crippen LogP contribution is 2.20. The van der Waals surface area contributed by atoms with Crippen LogP contribution in [0.4, 0.5) is 0 Å². The third-order valence-corrected chi connectivity index (χ3v) is 3.64. The lowest BCUT2D eigenvalue weighted by Gasteiger charge is -2.23. The Balaban J connectivity index is 3.92. The molecule has 114 valence electrons. The van der Waals surface area contributed by atoms with E-state index in [0.717, 1.165) is 25.7 Å². The number of aliphatic carboxylic acids is 1. The SMILES string of the molecule is CC(O)CCCCC(C)C(O)CC(O)C(C)C(=O)O. The molecule has 5 atom stereocenters. The van der Waals surface area contributed by atoms with Crippen LogP contribution in [0.2, 0.25) is 0 Å². The minimum atomic E-state index is -1.05. The van der Waals surface area contributed by atoms with Gasteiger partial charge in [0.2, 0.25) is 0 Å². The van der Waals surface area contributed by atoms with Gasteiger partial charge >= 0.3 is 5.97 Å². The second kappa shape index (κ2) is 9.28. The molecule has 19 heavy (non-hydrogen) atoms. The predicted molar refractivity (Wildman–Crippen MR) is 72.7 cm³/mol. The molecule has 0 saturated carbocycles. The molecule has 0 aliphatic heterocycles. The average Bonchev–Trinajstić information content (AvgIpc) is 2.32. The number of hydrogen-bond donors (Lipinski definition) is 4. The normalized spacial score (nSPS) is 19.5. The lowest BCUT2D eigenvalue weighted by molar-refractivity contribution is -0.145. The van der Waals surface area contributed by atoms with E-state index in [1.165, 1.54) is 6.92 Å². The Hall–Kier alpha value is -0.650. The van der Waals surface area contributed by atoms with E-state index in [-0.39, 0.29) is 18.4 Å². The van der Waals surface area contributed by atoms with Crippen molar-refractivity contribution in [2.24, 2.45) is 11.8 Å². The molecule has 0 aromatic rings. The number of rotatable bonds is 10. The summed E-state index contributed by atoms with van der Waals surface area (Å²) in [6, 6.07) is 0. The molecular weight excluding hydrogens is 248 g/mol. The number of aliphatic hydroxyl groups excluding tert-OH is 3. The standard InChI is InChI=1S/C14H28O5/c1-9(6-4-5-7-10(2)15)12(16)8-13(17)11(3)14(18)19/h9-13,15-17H,4-8H2,1-3H3,(H,18,19). The third kappa shape index (κ3) is 8.18. The summed E-state index contributed by atoms with van der Waals surface area (Å²) in [6.45, 7) is 5.08. The molecule has 0 bridgehead atoms. The van der Waals surface area contributed by atoms with Gasteiger partial charge in [0, 0.05) is 6.42 Å². The summed E-state index contributed by atoms with van der Waals surface area (Å²) in [7, 11) is 0. The highest BCUT2D eigenvalue weighted by Gasteiger charge is 2.26. The fourth-order valence-electron chi connectivity index (χ4n) is 1.95. The number of carbonyl (C=O) groups is 1. The predicted octanol–water partition coefficient (Wildman–Crippen LogP) is 1.40. The average molecular weight is 276 g/mol. The van der Waals surface area contributed by atoms with Gasteiger partial charge in [-0.25, -0.2) is 0 Å². The maximum Gasteiger partial charge on any atom is 0.308 e. The Morgan fingerprint density at radius 1 is 0.947 bits per heavy atom. The zero-order chi connectivity index (χ0) is 15.0. The molecule has 4 N–H and O–H groups in total. The number of carboxylic acid groups (broad SMARTS) is 1. The van der Waals surface area contributed by atoms with E-state index in [1.807, 2.05) is 6.92 Å². The van der Waals surface area contributed by atoms with E-state index >= 15 is 0 Å². The molecule has 5 unspecified atom stereocenters. The summed E-state index contributed by atoms with van der Waals surface area (Å²) in [4.78, 5) is 10.7. The van der Waals surface area contributed by atoms with Crippen molar-refractivity contribution in [3.8, 4) is 0 Å². The zero-order valence-corrected chi connectivity index (χ0v) is 12.1. The largest absolute Gasteiger partial charge is 0.481 e. The first-order valence-corrected chi connectivity index (χ1v) is 7.02. The molecule has 0 rings (SSSR count). The van der Waals surface area contributed by atoms with Crippen LogP contribution in [0.5, 0.6) is 0 Å². The molecule has 0 fully saturated rings. The first-order chi connectivity index (χ1) is 8.75. The molecule has 0 radical (unpaired) electrons. The topological polar surface area (TPSA) is 98.0 Å². The van der Waals surface area contributed by atoms with Crippen LogP contribution in [0.3, 0.4) is 0 Å². The maximum atomic E-state index is 10.7. The van der Waals surface area contributed by atoms with Crippen molar-refractivity contribution in [3.63, 3.8) is 0 Å². The van der Waals surface area contributed by atoms with Gasteiger partial charge in [0.15, 0.2) is 0 Å². The fraction of sp³-hybridized carbons (Fsp3) is 0.929. The molecular formula is C14H28O5. The van der Waals surface area contributed by atoms with E-state index in [2.05, 4.69) is 0 Å². The number of unbranched alkanes of at least 4 members (excludes halogenated alkanes) is 1. The third-order valence-electron chi connectivity index (χ3n) is 3.64. The minimum absolute atomic E-state index is 0.0182. The van der Waals surface area contributed by atoms with Gasteiger partial charge in [-0.2, -0.15) is 0 Å². The molecule has 0 saturated heterocycles. The van der Waals surface area contributed by atoms with E-state index in [9.17, 15) is 15.0 Å². The van der Waals surface area contributed by atoms with Gasteiger partial charge < -0.3 is 20.4 Å². The second-order valence-corrected chi connectivity index (χ2v) is 5.61. The van der Waals surface area contributed by atoms with Crippen molar-refractivity contribution in [2.45, 2.75) is 71.2 Å². The fourth-order valence-corrected chi connectivity index (χ4v) is 1.95. The van der Waals surface area contributed by atoms with Crippen LogP contribution in [0, 0.1) is 11.8 Å². The molecule has 0 aliphatic rings. The van der Waals surface area contributed by atoms with Crippen LogP contribution in [-0.4, -0.2) is 44.7 Å². The van der Waals surface area contributed by atoms with Crippen LogP contribution in [0.1, 0.15) is 52.9 Å². The molecule has 5 nitrogen and oxygen atoms in total. The summed E-state index contributed by atoms with van der Waals surface area (Å²) in [5, 5.41) is 37.5. The van der Waals surface area contributed by atoms with Crippen LogP contribution < -0.4 is 0 Å². The van der Waals surface area contributed by atoms with Crippen molar-refractivity contribution >= 4 is 5.97 Å². The molecule has 0 heterocycles. The Labute approximate surface area is 115 Å². The van der Waals surface area contributed by atoms with Crippen LogP contribution in [0.25, 0.3) is 0 Å². The lowest BCUT2D eigenvalue weighted by Crippen LogP contribution is -2.31. The zero-order valence-electron chi connectivity index (χ0n) is 12.1. The van der Waals surface area contributed by atoms with E-state index in [1.54, 1.807) is 6.92 Å². The Morgan fingerprint density at radius 3 is 1.95 bits per heavy atom. The summed E-state index contributed by atoms with van der Waals surface area (Å²) in [5.74, 6) is -1.90. The molecule has 0 amide bonds. The van der Waals surface area contributed by atoms with Gasteiger partial charge in [0.25, 0.3) is 0 Å². The quantitative estimate of drug-likeness (QED) is 0.452. The van der Waals surface area contributed by atoms with Gasteiger partial charge in [-0.1, -0.05) is 19.8 Å². The van der Waals surface area contributed by atoms with Crippen LogP contribution in [0.15, 0.2) is 0 Å². The highest BCUT2D eigenvalue weighted by molar-refractivity contribution is 5.70.